The molecule has 0 unspecified atom stereocenters. The zero-order valence-corrected chi connectivity index (χ0v) is 14.7. The van der Waals surface area contributed by atoms with Crippen LogP contribution in [0.4, 0.5) is 0 Å². The largest absolute Gasteiger partial charge is 0.427 e. The maximum Gasteiger partial charge on any atom is 0.311 e. The average Bonchev–Trinajstić information content (AvgIpc) is 2.98. The summed E-state index contributed by atoms with van der Waals surface area (Å²) in [5.41, 5.74) is 2.90. The van der Waals surface area contributed by atoms with E-state index < -0.39 is 0 Å². The lowest BCUT2D eigenvalue weighted by Gasteiger charge is -2.06. The maximum atomic E-state index is 12.4. The summed E-state index contributed by atoms with van der Waals surface area (Å²) in [7, 11) is 0. The van der Waals surface area contributed by atoms with Crippen molar-refractivity contribution in [2.45, 2.75) is 26.7 Å². The first-order chi connectivity index (χ1) is 12.5. The molecule has 0 amide bonds. The van der Waals surface area contributed by atoms with Crippen molar-refractivity contribution in [1.82, 2.24) is 5.16 Å². The first kappa shape index (κ1) is 17.6. The van der Waals surface area contributed by atoms with Crippen molar-refractivity contribution in [3.05, 3.63) is 82.7 Å². The van der Waals surface area contributed by atoms with Crippen molar-refractivity contribution in [3.63, 3.8) is 0 Å². The number of aryl methyl sites for hydroxylation is 2. The van der Waals surface area contributed by atoms with E-state index in [1.165, 1.54) is 0 Å². The fourth-order valence-electron chi connectivity index (χ4n) is 2.70. The van der Waals surface area contributed by atoms with Gasteiger partial charge in [0.1, 0.15) is 11.5 Å². The van der Waals surface area contributed by atoms with Crippen LogP contribution in [0.1, 0.15) is 39.4 Å². The van der Waals surface area contributed by atoms with Crippen LogP contribution in [0.2, 0.25) is 0 Å². The van der Waals surface area contributed by atoms with Crippen molar-refractivity contribution in [1.29, 1.82) is 0 Å². The first-order valence-electron chi connectivity index (χ1n) is 8.37. The predicted octanol–water partition coefficient (Wildman–Crippen LogP) is 4.06. The van der Waals surface area contributed by atoms with E-state index in [0.29, 0.717) is 23.3 Å². The van der Waals surface area contributed by atoms with Gasteiger partial charge >= 0.3 is 5.97 Å². The zero-order valence-electron chi connectivity index (χ0n) is 14.7. The van der Waals surface area contributed by atoms with Gasteiger partial charge < -0.3 is 9.26 Å². The Labute approximate surface area is 151 Å². The van der Waals surface area contributed by atoms with Crippen LogP contribution in [-0.4, -0.2) is 16.9 Å². The molecule has 0 bridgehead atoms. The topological polar surface area (TPSA) is 69.4 Å². The second-order valence-corrected chi connectivity index (χ2v) is 6.00. The summed E-state index contributed by atoms with van der Waals surface area (Å²) in [5.74, 6) is 0.728. The van der Waals surface area contributed by atoms with Gasteiger partial charge in [-0.25, -0.2) is 0 Å². The number of carbonyl (C=O) groups excluding carboxylic acids is 2. The SMILES string of the molecule is Cc1noc(C)c1CCC(=O)Oc1ccc(C(=O)c2ccccc2)cc1. The fraction of sp³-hybridized carbons (Fsp3) is 0.190. The van der Waals surface area contributed by atoms with Crippen molar-refractivity contribution in [2.24, 2.45) is 0 Å². The molecule has 5 nitrogen and oxygen atoms in total. The van der Waals surface area contributed by atoms with Gasteiger partial charge in [-0.05, 0) is 44.5 Å². The lowest BCUT2D eigenvalue weighted by Crippen LogP contribution is -2.10. The molecule has 0 radical (unpaired) electrons. The second-order valence-electron chi connectivity index (χ2n) is 6.00. The Balaban J connectivity index is 1.59. The summed E-state index contributed by atoms with van der Waals surface area (Å²) in [6.45, 7) is 3.67. The van der Waals surface area contributed by atoms with Crippen LogP contribution in [0.25, 0.3) is 0 Å². The van der Waals surface area contributed by atoms with E-state index in [4.69, 9.17) is 9.26 Å². The molecule has 1 aromatic heterocycles. The van der Waals surface area contributed by atoms with Gasteiger partial charge in [0.05, 0.1) is 12.1 Å². The van der Waals surface area contributed by atoms with Crippen LogP contribution >= 0.6 is 0 Å². The van der Waals surface area contributed by atoms with Crippen LogP contribution in [0.3, 0.4) is 0 Å². The number of hydrogen-bond donors (Lipinski definition) is 0. The van der Waals surface area contributed by atoms with E-state index >= 15 is 0 Å². The summed E-state index contributed by atoms with van der Waals surface area (Å²) in [5, 5.41) is 3.87. The number of hydrogen-bond acceptors (Lipinski definition) is 5. The number of ether oxygens (including phenoxy) is 1. The van der Waals surface area contributed by atoms with Crippen molar-refractivity contribution in [3.8, 4) is 5.75 Å². The molecular weight excluding hydrogens is 330 g/mol. The van der Waals surface area contributed by atoms with Crippen LogP contribution in [0, 0.1) is 13.8 Å². The normalized spacial score (nSPS) is 10.5. The molecule has 3 rings (SSSR count). The molecular formula is C21H19NO4. The maximum absolute atomic E-state index is 12.4. The predicted molar refractivity (Wildman–Crippen MR) is 96.2 cm³/mol. The van der Waals surface area contributed by atoms with E-state index in [2.05, 4.69) is 5.16 Å². The third-order valence-electron chi connectivity index (χ3n) is 4.14. The minimum absolute atomic E-state index is 0.0677. The van der Waals surface area contributed by atoms with E-state index in [-0.39, 0.29) is 18.2 Å². The Morgan fingerprint density at radius 1 is 0.962 bits per heavy atom. The standard InChI is InChI=1S/C21H19NO4/c1-14-19(15(2)26-22-14)12-13-20(23)25-18-10-8-17(9-11-18)21(24)16-6-4-3-5-7-16/h3-11H,12-13H2,1-2H3. The molecule has 5 heteroatoms. The Bertz CT molecular complexity index is 891. The molecule has 1 heterocycles. The number of rotatable bonds is 6. The van der Waals surface area contributed by atoms with Gasteiger partial charge in [0, 0.05) is 16.7 Å². The van der Waals surface area contributed by atoms with Crippen molar-refractivity contribution >= 4 is 11.8 Å². The van der Waals surface area contributed by atoms with Gasteiger partial charge in [-0.15, -0.1) is 0 Å². The Kier molecular flexibility index (Phi) is 5.27. The summed E-state index contributed by atoms with van der Waals surface area (Å²) in [4.78, 5) is 24.4. The summed E-state index contributed by atoms with van der Waals surface area (Å²) in [6.07, 6.45) is 0.748. The number of carbonyl (C=O) groups is 2. The van der Waals surface area contributed by atoms with Crippen molar-refractivity contribution in [2.75, 3.05) is 0 Å². The quantitative estimate of drug-likeness (QED) is 0.381. The molecule has 0 N–H and O–H groups in total. The molecule has 26 heavy (non-hydrogen) atoms. The molecule has 0 atom stereocenters. The molecule has 0 aliphatic heterocycles. The van der Waals surface area contributed by atoms with Crippen LogP contribution in [0.5, 0.6) is 5.75 Å². The van der Waals surface area contributed by atoms with Crippen LogP contribution in [-0.2, 0) is 11.2 Å². The van der Waals surface area contributed by atoms with Gasteiger partial charge in [0.25, 0.3) is 0 Å². The van der Waals surface area contributed by atoms with Gasteiger partial charge in [0.2, 0.25) is 0 Å². The molecule has 2 aromatic carbocycles. The van der Waals surface area contributed by atoms with Gasteiger partial charge in [0.15, 0.2) is 5.78 Å². The lowest BCUT2D eigenvalue weighted by atomic mass is 10.0. The van der Waals surface area contributed by atoms with Gasteiger partial charge in [-0.2, -0.15) is 0 Å². The zero-order chi connectivity index (χ0) is 18.5. The average molecular weight is 349 g/mol. The molecule has 0 aliphatic carbocycles. The number of nitrogens with zero attached hydrogens (tertiary/aromatic N) is 1. The summed E-state index contributed by atoms with van der Waals surface area (Å²) < 4.78 is 10.4. The van der Waals surface area contributed by atoms with E-state index in [1.54, 1.807) is 36.4 Å². The highest BCUT2D eigenvalue weighted by Crippen LogP contribution is 2.18. The Hall–Kier alpha value is -3.21. The minimum Gasteiger partial charge on any atom is -0.427 e. The van der Waals surface area contributed by atoms with Crippen LogP contribution in [0.15, 0.2) is 59.1 Å². The highest BCUT2D eigenvalue weighted by Gasteiger charge is 2.13. The Morgan fingerprint density at radius 2 is 1.62 bits per heavy atom. The molecule has 132 valence electrons. The number of ketones is 1. The smallest absolute Gasteiger partial charge is 0.311 e. The third-order valence-corrected chi connectivity index (χ3v) is 4.14. The van der Waals surface area contributed by atoms with Crippen molar-refractivity contribution < 1.29 is 18.8 Å². The fourth-order valence-corrected chi connectivity index (χ4v) is 2.70. The Morgan fingerprint density at radius 3 is 2.23 bits per heavy atom. The van der Waals surface area contributed by atoms with Gasteiger partial charge in [-0.3, -0.25) is 9.59 Å². The van der Waals surface area contributed by atoms with Gasteiger partial charge in [-0.1, -0.05) is 35.5 Å². The molecule has 0 spiro atoms. The van der Waals surface area contributed by atoms with E-state index in [1.807, 2.05) is 32.0 Å². The highest BCUT2D eigenvalue weighted by atomic mass is 16.5. The number of esters is 1. The summed E-state index contributed by atoms with van der Waals surface area (Å²) in [6, 6.07) is 15.6. The molecule has 0 fully saturated rings. The molecule has 0 saturated heterocycles. The van der Waals surface area contributed by atoms with E-state index in [9.17, 15) is 9.59 Å². The monoisotopic (exact) mass is 349 g/mol. The molecule has 3 aromatic rings. The lowest BCUT2D eigenvalue weighted by molar-refractivity contribution is -0.134. The highest BCUT2D eigenvalue weighted by molar-refractivity contribution is 6.09. The minimum atomic E-state index is -0.341. The molecule has 0 aliphatic rings. The molecule has 0 saturated carbocycles. The second kappa shape index (κ2) is 7.78. The van der Waals surface area contributed by atoms with E-state index in [0.717, 1.165) is 17.0 Å². The third kappa shape index (κ3) is 4.06. The number of benzene rings is 2. The first-order valence-corrected chi connectivity index (χ1v) is 8.37. The number of aromatic nitrogens is 1. The summed E-state index contributed by atoms with van der Waals surface area (Å²) >= 11 is 0. The van der Waals surface area contributed by atoms with Crippen LogP contribution < -0.4 is 4.74 Å².